The van der Waals surface area contributed by atoms with Crippen LogP contribution in [-0.2, 0) is 23.2 Å². The molecule has 3 N–H and O–H groups in total. The van der Waals surface area contributed by atoms with Crippen molar-refractivity contribution in [3.63, 3.8) is 0 Å². The normalized spacial score (nSPS) is 19.5. The van der Waals surface area contributed by atoms with Crippen LogP contribution in [0.4, 0.5) is 0 Å². The van der Waals surface area contributed by atoms with E-state index in [1.807, 2.05) is 13.1 Å². The molecule has 0 aromatic carbocycles. The molecule has 1 saturated carbocycles. The molecular formula is C21H30N6O2. The lowest BCUT2D eigenvalue weighted by Gasteiger charge is -2.47. The van der Waals surface area contributed by atoms with Crippen molar-refractivity contribution in [2.45, 2.75) is 31.4 Å². The number of allylic oxidation sites excluding steroid dienone is 4. The topological polar surface area (TPSA) is 95.3 Å². The molecule has 2 aliphatic carbocycles. The summed E-state index contributed by atoms with van der Waals surface area (Å²) >= 11 is 0. The van der Waals surface area contributed by atoms with Crippen molar-refractivity contribution in [3.8, 4) is 0 Å². The van der Waals surface area contributed by atoms with Crippen LogP contribution in [0, 0.1) is 5.41 Å². The maximum atomic E-state index is 12.9. The quantitative estimate of drug-likeness (QED) is 0.577. The van der Waals surface area contributed by atoms with Gasteiger partial charge in [0.15, 0.2) is 0 Å². The number of carbonyl (C=O) groups excluding carboxylic acids is 1. The third kappa shape index (κ3) is 4.42. The van der Waals surface area contributed by atoms with Gasteiger partial charge in [0, 0.05) is 37.9 Å². The molecule has 156 valence electrons. The van der Waals surface area contributed by atoms with Crippen LogP contribution in [0.25, 0.3) is 0 Å². The average molecular weight is 399 g/mol. The molecule has 0 saturated heterocycles. The molecule has 8 nitrogen and oxygen atoms in total. The fraction of sp³-hybridized carbons (Fsp3) is 0.476. The van der Waals surface area contributed by atoms with Crippen molar-refractivity contribution in [2.24, 2.45) is 7.05 Å². The van der Waals surface area contributed by atoms with Gasteiger partial charge in [-0.1, -0.05) is 0 Å². The van der Waals surface area contributed by atoms with Crippen LogP contribution in [0.3, 0.4) is 0 Å². The van der Waals surface area contributed by atoms with E-state index in [0.717, 1.165) is 18.5 Å². The zero-order valence-corrected chi connectivity index (χ0v) is 17.6. The molecule has 1 aromatic rings. The van der Waals surface area contributed by atoms with Gasteiger partial charge >= 0.3 is 0 Å². The monoisotopic (exact) mass is 398 g/mol. The minimum absolute atomic E-state index is 0.0341. The van der Waals surface area contributed by atoms with Gasteiger partial charge in [0.05, 0.1) is 11.4 Å². The van der Waals surface area contributed by atoms with E-state index in [1.165, 1.54) is 6.42 Å². The summed E-state index contributed by atoms with van der Waals surface area (Å²) in [4.78, 5) is 15.1. The highest BCUT2D eigenvalue weighted by Gasteiger charge is 2.39. The molecule has 0 bridgehead atoms. The van der Waals surface area contributed by atoms with E-state index in [9.17, 15) is 4.79 Å². The van der Waals surface area contributed by atoms with E-state index in [2.05, 4.69) is 34.7 Å². The number of aromatic nitrogens is 2. The average Bonchev–Trinajstić information content (AvgIpc) is 3.06. The van der Waals surface area contributed by atoms with Crippen molar-refractivity contribution in [1.82, 2.24) is 25.3 Å². The van der Waals surface area contributed by atoms with Gasteiger partial charge in [-0.05, 0) is 57.7 Å². The molecule has 0 spiro atoms. The zero-order chi connectivity index (χ0) is 21.0. The number of amides is 1. The molecule has 1 amide bonds. The number of nitrogens with zero attached hydrogens (tertiary/aromatic N) is 3. The first kappa shape index (κ1) is 20.9. The van der Waals surface area contributed by atoms with Crippen molar-refractivity contribution >= 4 is 11.6 Å². The zero-order valence-electron chi connectivity index (χ0n) is 17.6. The van der Waals surface area contributed by atoms with E-state index >= 15 is 0 Å². The Morgan fingerprint density at radius 1 is 1.38 bits per heavy atom. The lowest BCUT2D eigenvalue weighted by molar-refractivity contribution is -0.118. The second-order valence-corrected chi connectivity index (χ2v) is 7.72. The van der Waals surface area contributed by atoms with Crippen molar-refractivity contribution in [3.05, 3.63) is 53.2 Å². The fourth-order valence-electron chi connectivity index (χ4n) is 3.59. The smallest absolute Gasteiger partial charge is 0.268 e. The molecule has 8 heteroatoms. The van der Waals surface area contributed by atoms with Crippen LogP contribution < -0.4 is 10.6 Å². The highest BCUT2D eigenvalue weighted by molar-refractivity contribution is 6.14. The van der Waals surface area contributed by atoms with Crippen molar-refractivity contribution in [1.29, 1.82) is 5.41 Å². The molecule has 1 aromatic heterocycles. The standard InChI is InChI=1S/C21H30N6O2/c1-23-19(20(28)24-14-21(26(2)3)9-5-10-21)17-12-16(6-7-18(17)22)29-13-15-8-11-25-27(15)4/h6-8,11-12,22-23H,5,9-10,13-14H2,1-4H3,(H,24,28)/b19-17-,22-18?. The summed E-state index contributed by atoms with van der Waals surface area (Å²) in [5.41, 5.74) is 2.12. The molecule has 3 rings (SSSR count). The summed E-state index contributed by atoms with van der Waals surface area (Å²) in [6, 6.07) is 1.89. The molecule has 29 heavy (non-hydrogen) atoms. The number of rotatable bonds is 8. The molecule has 1 fully saturated rings. The van der Waals surface area contributed by atoms with E-state index in [1.54, 1.807) is 36.2 Å². The lowest BCUT2D eigenvalue weighted by Crippen LogP contribution is -2.57. The predicted octanol–water partition coefficient (Wildman–Crippen LogP) is 1.48. The van der Waals surface area contributed by atoms with Gasteiger partial charge in [-0.3, -0.25) is 9.48 Å². The highest BCUT2D eigenvalue weighted by Crippen LogP contribution is 2.35. The first-order valence-electron chi connectivity index (χ1n) is 9.82. The van der Waals surface area contributed by atoms with Crippen LogP contribution in [0.1, 0.15) is 25.0 Å². The maximum absolute atomic E-state index is 12.9. The lowest BCUT2D eigenvalue weighted by atomic mass is 9.75. The Bertz CT molecular complexity index is 873. The van der Waals surface area contributed by atoms with E-state index in [-0.39, 0.29) is 17.2 Å². The van der Waals surface area contributed by atoms with Gasteiger partial charge in [-0.2, -0.15) is 5.10 Å². The Hall–Kier alpha value is -2.87. The second kappa shape index (κ2) is 8.65. The van der Waals surface area contributed by atoms with E-state index in [0.29, 0.717) is 30.2 Å². The first-order chi connectivity index (χ1) is 13.9. The van der Waals surface area contributed by atoms with Crippen LogP contribution >= 0.6 is 0 Å². The number of aryl methyl sites for hydroxylation is 1. The van der Waals surface area contributed by atoms with Crippen LogP contribution in [0.15, 0.2) is 47.5 Å². The molecule has 0 radical (unpaired) electrons. The third-order valence-corrected chi connectivity index (χ3v) is 5.86. The molecule has 2 aliphatic rings. The summed E-state index contributed by atoms with van der Waals surface area (Å²) < 4.78 is 7.60. The predicted molar refractivity (Wildman–Crippen MR) is 112 cm³/mol. The Kier molecular flexibility index (Phi) is 6.22. The summed E-state index contributed by atoms with van der Waals surface area (Å²) in [6.45, 7) is 0.952. The molecule has 1 heterocycles. The Morgan fingerprint density at radius 2 is 2.14 bits per heavy atom. The first-order valence-corrected chi connectivity index (χ1v) is 9.82. The minimum atomic E-state index is -0.210. The van der Waals surface area contributed by atoms with Gasteiger partial charge in [0.25, 0.3) is 5.91 Å². The maximum Gasteiger partial charge on any atom is 0.268 e. The van der Waals surface area contributed by atoms with Gasteiger partial charge in [0.1, 0.15) is 18.1 Å². The number of ether oxygens (including phenoxy) is 1. The number of nitrogens with one attached hydrogen (secondary N) is 3. The van der Waals surface area contributed by atoms with E-state index < -0.39 is 0 Å². The van der Waals surface area contributed by atoms with Gasteiger partial charge in [-0.15, -0.1) is 0 Å². The number of hydrogen-bond donors (Lipinski definition) is 3. The van der Waals surface area contributed by atoms with Gasteiger partial charge in [0.2, 0.25) is 0 Å². The third-order valence-electron chi connectivity index (χ3n) is 5.86. The van der Waals surface area contributed by atoms with Crippen LogP contribution in [0.5, 0.6) is 0 Å². The van der Waals surface area contributed by atoms with E-state index in [4.69, 9.17) is 10.1 Å². The van der Waals surface area contributed by atoms with Crippen molar-refractivity contribution in [2.75, 3.05) is 27.7 Å². The summed E-state index contributed by atoms with van der Waals surface area (Å²) in [5.74, 6) is 0.388. The second-order valence-electron chi connectivity index (χ2n) is 7.72. The summed E-state index contributed by atoms with van der Waals surface area (Å²) in [7, 11) is 7.66. The molecule has 0 aliphatic heterocycles. The highest BCUT2D eigenvalue weighted by atomic mass is 16.5. The van der Waals surface area contributed by atoms with Crippen LogP contribution in [-0.4, -0.2) is 59.5 Å². The van der Waals surface area contributed by atoms with Crippen molar-refractivity contribution < 1.29 is 9.53 Å². The SMILES string of the molecule is CN/C(C(=O)NCC1(N(C)C)CCC1)=C1/C=C(OCc2ccnn2C)C=CC1=N. The number of likely N-dealkylation sites (N-methyl/N-ethyl adjacent to an activating group) is 2. The summed E-state index contributed by atoms with van der Waals surface area (Å²) in [5, 5.41) is 18.4. The van der Waals surface area contributed by atoms with Gasteiger partial charge < -0.3 is 25.7 Å². The molecule has 0 atom stereocenters. The van der Waals surface area contributed by atoms with Gasteiger partial charge in [-0.25, -0.2) is 0 Å². The number of carbonyl (C=O) groups is 1. The Morgan fingerprint density at radius 3 is 2.69 bits per heavy atom. The minimum Gasteiger partial charge on any atom is -0.487 e. The fourth-order valence-corrected chi connectivity index (χ4v) is 3.59. The molecular weight excluding hydrogens is 368 g/mol. The number of hydrogen-bond acceptors (Lipinski definition) is 6. The summed E-state index contributed by atoms with van der Waals surface area (Å²) in [6.07, 6.45) is 10.2. The van der Waals surface area contributed by atoms with Crippen LogP contribution in [0.2, 0.25) is 0 Å². The molecule has 0 unspecified atom stereocenters. The largest absolute Gasteiger partial charge is 0.487 e. The Balaban J connectivity index is 1.73. The Labute approximate surface area is 171 Å².